The minimum atomic E-state index is 0.277. The van der Waals surface area contributed by atoms with Crippen LogP contribution in [0.4, 0.5) is 0 Å². The number of aryl methyl sites for hydroxylation is 1. The highest BCUT2D eigenvalue weighted by Gasteiger charge is 2.19. The number of hydrogen-bond donors (Lipinski definition) is 0. The van der Waals surface area contributed by atoms with E-state index in [0.717, 1.165) is 6.42 Å². The van der Waals surface area contributed by atoms with E-state index in [2.05, 4.69) is 24.3 Å². The standard InChI is InChI=1S/C12H15ClO/c13-8-9-14-12-7-3-5-10-4-1-2-6-11(10)12/h1-2,4,6,12H,3,5,7-9H2. The zero-order valence-electron chi connectivity index (χ0n) is 8.21. The quantitative estimate of drug-likeness (QED) is 0.696. The molecular weight excluding hydrogens is 196 g/mol. The molecule has 76 valence electrons. The molecule has 0 amide bonds. The molecule has 0 aromatic heterocycles. The molecule has 1 nitrogen and oxygen atoms in total. The lowest BCUT2D eigenvalue weighted by Gasteiger charge is -2.25. The van der Waals surface area contributed by atoms with Crippen LogP contribution in [0.5, 0.6) is 0 Å². The van der Waals surface area contributed by atoms with Crippen LogP contribution in [0, 0.1) is 0 Å². The summed E-state index contributed by atoms with van der Waals surface area (Å²) in [4.78, 5) is 0. The van der Waals surface area contributed by atoms with Crippen LogP contribution in [0.3, 0.4) is 0 Å². The Labute approximate surface area is 90.0 Å². The third-order valence-electron chi connectivity index (χ3n) is 2.71. The summed E-state index contributed by atoms with van der Waals surface area (Å²) in [6, 6.07) is 8.56. The van der Waals surface area contributed by atoms with Crippen LogP contribution in [0.15, 0.2) is 24.3 Å². The molecule has 0 spiro atoms. The van der Waals surface area contributed by atoms with E-state index < -0.39 is 0 Å². The van der Waals surface area contributed by atoms with E-state index >= 15 is 0 Å². The second-order valence-electron chi connectivity index (χ2n) is 3.64. The minimum absolute atomic E-state index is 0.277. The summed E-state index contributed by atoms with van der Waals surface area (Å²) in [5, 5.41) is 0. The average molecular weight is 211 g/mol. The first-order valence-electron chi connectivity index (χ1n) is 5.17. The molecule has 0 fully saturated rings. The highest BCUT2D eigenvalue weighted by Crippen LogP contribution is 2.31. The second kappa shape index (κ2) is 4.81. The monoisotopic (exact) mass is 210 g/mol. The lowest BCUT2D eigenvalue weighted by molar-refractivity contribution is 0.0513. The van der Waals surface area contributed by atoms with Gasteiger partial charge in [0.1, 0.15) is 0 Å². The molecule has 1 aromatic rings. The number of fused-ring (bicyclic) bond motifs is 1. The molecule has 0 radical (unpaired) electrons. The Balaban J connectivity index is 2.14. The van der Waals surface area contributed by atoms with Gasteiger partial charge in [-0.15, -0.1) is 11.6 Å². The summed E-state index contributed by atoms with van der Waals surface area (Å²) in [6.07, 6.45) is 3.83. The summed E-state index contributed by atoms with van der Waals surface area (Å²) in [6.45, 7) is 0.653. The van der Waals surface area contributed by atoms with Crippen LogP contribution < -0.4 is 0 Å². The van der Waals surface area contributed by atoms with Gasteiger partial charge in [0.05, 0.1) is 12.7 Å². The van der Waals surface area contributed by atoms with Crippen LogP contribution in [0.2, 0.25) is 0 Å². The smallest absolute Gasteiger partial charge is 0.0828 e. The van der Waals surface area contributed by atoms with Crippen LogP contribution in [-0.4, -0.2) is 12.5 Å². The van der Waals surface area contributed by atoms with E-state index in [4.69, 9.17) is 16.3 Å². The SMILES string of the molecule is ClCCOC1CCCc2ccccc21. The van der Waals surface area contributed by atoms with Gasteiger partial charge in [-0.25, -0.2) is 0 Å². The third kappa shape index (κ3) is 2.10. The Kier molecular flexibility index (Phi) is 3.44. The van der Waals surface area contributed by atoms with Gasteiger partial charge < -0.3 is 4.74 Å². The molecule has 2 heteroatoms. The van der Waals surface area contributed by atoms with Crippen molar-refractivity contribution in [3.8, 4) is 0 Å². The van der Waals surface area contributed by atoms with Gasteiger partial charge >= 0.3 is 0 Å². The van der Waals surface area contributed by atoms with E-state index in [0.29, 0.717) is 12.5 Å². The zero-order valence-corrected chi connectivity index (χ0v) is 8.96. The Bertz CT molecular complexity index is 298. The average Bonchev–Trinajstić information content (AvgIpc) is 2.26. The summed E-state index contributed by atoms with van der Waals surface area (Å²) >= 11 is 5.62. The lowest BCUT2D eigenvalue weighted by Crippen LogP contribution is -2.13. The van der Waals surface area contributed by atoms with Gasteiger partial charge in [0.25, 0.3) is 0 Å². The highest BCUT2D eigenvalue weighted by molar-refractivity contribution is 6.17. The fourth-order valence-electron chi connectivity index (χ4n) is 2.07. The predicted molar refractivity (Wildman–Crippen MR) is 58.8 cm³/mol. The Morgan fingerprint density at radius 2 is 2.21 bits per heavy atom. The third-order valence-corrected chi connectivity index (χ3v) is 2.86. The largest absolute Gasteiger partial charge is 0.372 e. The van der Waals surface area contributed by atoms with Crippen molar-refractivity contribution in [1.82, 2.24) is 0 Å². The van der Waals surface area contributed by atoms with Crippen LogP contribution in [0.1, 0.15) is 30.1 Å². The molecule has 0 heterocycles. The lowest BCUT2D eigenvalue weighted by atomic mass is 9.89. The Hall–Kier alpha value is -0.530. The van der Waals surface area contributed by atoms with Crippen molar-refractivity contribution in [2.45, 2.75) is 25.4 Å². The minimum Gasteiger partial charge on any atom is -0.372 e. The number of alkyl halides is 1. The van der Waals surface area contributed by atoms with E-state index in [1.165, 1.54) is 24.0 Å². The van der Waals surface area contributed by atoms with Gasteiger partial charge in [0.15, 0.2) is 0 Å². The number of benzene rings is 1. The normalized spacial score (nSPS) is 20.5. The van der Waals surface area contributed by atoms with E-state index in [1.54, 1.807) is 0 Å². The van der Waals surface area contributed by atoms with Crippen LogP contribution in [-0.2, 0) is 11.2 Å². The number of hydrogen-bond acceptors (Lipinski definition) is 1. The topological polar surface area (TPSA) is 9.23 Å². The molecular formula is C12H15ClO. The summed E-state index contributed by atoms with van der Waals surface area (Å²) in [5.41, 5.74) is 2.81. The molecule has 0 aliphatic heterocycles. The maximum absolute atomic E-state index is 5.73. The molecule has 1 aliphatic rings. The van der Waals surface area contributed by atoms with Crippen molar-refractivity contribution in [1.29, 1.82) is 0 Å². The van der Waals surface area contributed by atoms with Crippen molar-refractivity contribution < 1.29 is 4.74 Å². The summed E-state index contributed by atoms with van der Waals surface area (Å²) in [7, 11) is 0. The van der Waals surface area contributed by atoms with Gasteiger partial charge in [0.2, 0.25) is 0 Å². The summed E-state index contributed by atoms with van der Waals surface area (Å²) in [5.74, 6) is 0.582. The Morgan fingerprint density at radius 1 is 1.36 bits per heavy atom. The molecule has 0 saturated heterocycles. The summed E-state index contributed by atoms with van der Waals surface area (Å²) < 4.78 is 5.73. The van der Waals surface area contributed by atoms with Gasteiger partial charge in [-0.1, -0.05) is 24.3 Å². The van der Waals surface area contributed by atoms with Crippen molar-refractivity contribution in [3.63, 3.8) is 0 Å². The van der Waals surface area contributed by atoms with E-state index in [1.807, 2.05) is 0 Å². The first kappa shape index (κ1) is 10.0. The zero-order chi connectivity index (χ0) is 9.80. The fourth-order valence-corrected chi connectivity index (χ4v) is 2.16. The molecule has 2 rings (SSSR count). The number of halogens is 1. The van der Waals surface area contributed by atoms with Crippen LogP contribution in [0.25, 0.3) is 0 Å². The fraction of sp³-hybridized carbons (Fsp3) is 0.500. The first-order valence-corrected chi connectivity index (χ1v) is 5.70. The van der Waals surface area contributed by atoms with Gasteiger partial charge in [-0.3, -0.25) is 0 Å². The molecule has 1 aliphatic carbocycles. The number of rotatable bonds is 3. The van der Waals surface area contributed by atoms with Crippen molar-refractivity contribution in [2.24, 2.45) is 0 Å². The van der Waals surface area contributed by atoms with Gasteiger partial charge in [-0.05, 0) is 30.4 Å². The molecule has 0 saturated carbocycles. The predicted octanol–water partition coefficient (Wildman–Crippen LogP) is 3.32. The van der Waals surface area contributed by atoms with Crippen molar-refractivity contribution >= 4 is 11.6 Å². The first-order chi connectivity index (χ1) is 6.92. The maximum Gasteiger partial charge on any atom is 0.0828 e. The molecule has 0 bridgehead atoms. The van der Waals surface area contributed by atoms with Crippen molar-refractivity contribution in [3.05, 3.63) is 35.4 Å². The molecule has 0 N–H and O–H groups in total. The van der Waals surface area contributed by atoms with Crippen LogP contribution >= 0.6 is 11.6 Å². The molecule has 14 heavy (non-hydrogen) atoms. The molecule has 1 unspecified atom stereocenters. The maximum atomic E-state index is 5.73. The van der Waals surface area contributed by atoms with Gasteiger partial charge in [0, 0.05) is 5.88 Å². The highest BCUT2D eigenvalue weighted by atomic mass is 35.5. The van der Waals surface area contributed by atoms with Crippen molar-refractivity contribution in [2.75, 3.05) is 12.5 Å². The van der Waals surface area contributed by atoms with Gasteiger partial charge in [-0.2, -0.15) is 0 Å². The number of ether oxygens (including phenoxy) is 1. The van der Waals surface area contributed by atoms with E-state index in [9.17, 15) is 0 Å². The van der Waals surface area contributed by atoms with E-state index in [-0.39, 0.29) is 6.10 Å². The molecule has 1 aromatic carbocycles. The Morgan fingerprint density at radius 3 is 3.07 bits per heavy atom. The second-order valence-corrected chi connectivity index (χ2v) is 4.02. The molecule has 1 atom stereocenters.